The molecule has 8 amide bonds. The number of aromatic nitrogens is 2. The molecule has 0 saturated carbocycles. The highest BCUT2D eigenvalue weighted by atomic mass is 32.1. The molecule has 22 heteroatoms. The van der Waals surface area contributed by atoms with Gasteiger partial charge in [0.15, 0.2) is 10.7 Å². The molecule has 1 atom stereocenters. The first kappa shape index (κ1) is 57.2. The van der Waals surface area contributed by atoms with Crippen molar-refractivity contribution in [1.29, 1.82) is 5.41 Å². The molecule has 79 heavy (non-hydrogen) atoms. The summed E-state index contributed by atoms with van der Waals surface area (Å²) in [5.74, 6) is -2.12. The van der Waals surface area contributed by atoms with Gasteiger partial charge in [-0.05, 0) is 61.7 Å². The molecule has 3 aliphatic heterocycles. The molecule has 5 heterocycles. The van der Waals surface area contributed by atoms with E-state index in [0.717, 1.165) is 88.7 Å². The summed E-state index contributed by atoms with van der Waals surface area (Å²) < 4.78 is 14.9. The Kier molecular flexibility index (Phi) is 18.9. The number of Topliss-reactive ketones (excluding diaryl/α,β-unsaturated/α-hetero) is 1. The number of nitrogens with zero attached hydrogens (tertiary/aromatic N) is 5. The molecule has 418 valence electrons. The number of carbonyl (C=O) groups is 8. The van der Waals surface area contributed by atoms with Crippen LogP contribution in [0.2, 0.25) is 0 Å². The van der Waals surface area contributed by atoms with E-state index in [0.29, 0.717) is 51.3 Å². The highest BCUT2D eigenvalue weighted by molar-refractivity contribution is 7.23. The molecule has 2 saturated heterocycles. The molecule has 2 fully saturated rings. The van der Waals surface area contributed by atoms with Gasteiger partial charge < -0.3 is 30.1 Å². The number of amides is 8. The Labute approximate surface area is 461 Å². The van der Waals surface area contributed by atoms with Crippen LogP contribution < -0.4 is 30.7 Å². The average Bonchev–Trinajstić information content (AvgIpc) is 4.28. The third-order valence-corrected chi connectivity index (χ3v) is 15.1. The van der Waals surface area contributed by atoms with Crippen LogP contribution >= 0.6 is 11.3 Å². The Hall–Kier alpha value is -7.98. The first-order valence-corrected chi connectivity index (χ1v) is 27.7. The number of benzene rings is 3. The molecular weight excluding hydrogens is 1030 g/mol. The number of imide groups is 2. The van der Waals surface area contributed by atoms with E-state index in [1.807, 2.05) is 45.8 Å². The summed E-state index contributed by atoms with van der Waals surface area (Å²) in [5.41, 5.74) is 2.76. The first-order valence-electron chi connectivity index (χ1n) is 26.9. The summed E-state index contributed by atoms with van der Waals surface area (Å²) >= 11 is 1.56. The highest BCUT2D eigenvalue weighted by Gasteiger charge is 2.46. The zero-order valence-corrected chi connectivity index (χ0v) is 45.6. The Bertz CT molecular complexity index is 3150. The van der Waals surface area contributed by atoms with E-state index in [4.69, 9.17) is 19.9 Å². The number of aliphatic hydroxyl groups excluding tert-OH is 1. The van der Waals surface area contributed by atoms with Gasteiger partial charge in [-0.1, -0.05) is 82.4 Å². The number of anilines is 1. The molecule has 0 radical (unpaired) electrons. The fourth-order valence-electron chi connectivity index (χ4n) is 9.48. The smallest absolute Gasteiger partial charge is 0.324 e. The number of ether oxygens (including phenoxy) is 2. The second-order valence-corrected chi connectivity index (χ2v) is 22.0. The van der Waals surface area contributed by atoms with Crippen molar-refractivity contribution < 1.29 is 52.9 Å². The number of imidazole rings is 1. The van der Waals surface area contributed by atoms with E-state index < -0.39 is 41.1 Å². The van der Waals surface area contributed by atoms with Crippen LogP contribution in [0.3, 0.4) is 0 Å². The van der Waals surface area contributed by atoms with Crippen molar-refractivity contribution >= 4 is 85.3 Å². The summed E-state index contributed by atoms with van der Waals surface area (Å²) in [7, 11) is 0. The van der Waals surface area contributed by atoms with E-state index in [2.05, 4.69) is 26.2 Å². The summed E-state index contributed by atoms with van der Waals surface area (Å²) in [4.78, 5) is 111. The highest BCUT2D eigenvalue weighted by Crippen LogP contribution is 2.35. The number of urea groups is 1. The molecule has 2 aromatic heterocycles. The minimum Gasteiger partial charge on any atom is -0.512 e. The molecule has 0 aliphatic carbocycles. The van der Waals surface area contributed by atoms with E-state index in [1.54, 1.807) is 50.3 Å². The number of fused-ring (bicyclic) bond motifs is 4. The quantitative estimate of drug-likeness (QED) is 0.0116. The lowest BCUT2D eigenvalue weighted by molar-refractivity contribution is -0.136. The van der Waals surface area contributed by atoms with Gasteiger partial charge in [-0.2, -0.15) is 0 Å². The molecular formula is C57H68N10O11S. The second-order valence-electron chi connectivity index (χ2n) is 21.0. The number of unbranched alkanes of at least 4 members (excludes halogenated alkanes) is 6. The maximum absolute atomic E-state index is 13.3. The van der Waals surface area contributed by atoms with Gasteiger partial charge in [0.05, 0.1) is 27.0 Å². The van der Waals surface area contributed by atoms with Gasteiger partial charge in [-0.15, -0.1) is 0 Å². The fourth-order valence-corrected chi connectivity index (χ4v) is 10.5. The molecule has 8 rings (SSSR count). The van der Waals surface area contributed by atoms with Crippen molar-refractivity contribution in [3.05, 3.63) is 89.8 Å². The molecule has 0 spiro atoms. The maximum Gasteiger partial charge on any atom is 0.324 e. The van der Waals surface area contributed by atoms with Gasteiger partial charge in [-0.3, -0.25) is 63.8 Å². The number of ketones is 1. The van der Waals surface area contributed by atoms with Crippen LogP contribution in [0.15, 0.2) is 78.7 Å². The Morgan fingerprint density at radius 3 is 2.34 bits per heavy atom. The van der Waals surface area contributed by atoms with Gasteiger partial charge in [0.25, 0.3) is 11.8 Å². The van der Waals surface area contributed by atoms with E-state index in [1.165, 1.54) is 18.2 Å². The number of piperidine rings is 1. The summed E-state index contributed by atoms with van der Waals surface area (Å²) in [6, 6.07) is 16.1. The number of nitrogens with one attached hydrogen (secondary N) is 5. The van der Waals surface area contributed by atoms with Crippen LogP contribution in [0.1, 0.15) is 119 Å². The Morgan fingerprint density at radius 1 is 0.873 bits per heavy atom. The van der Waals surface area contributed by atoms with Crippen molar-refractivity contribution in [3.63, 3.8) is 0 Å². The zero-order chi connectivity index (χ0) is 56.2. The van der Waals surface area contributed by atoms with Gasteiger partial charge in [0.1, 0.15) is 42.3 Å². The number of carbonyl (C=O) groups excluding carboxylic acids is 8. The van der Waals surface area contributed by atoms with Gasteiger partial charge in [-0.25, -0.2) is 9.78 Å². The predicted octanol–water partition coefficient (Wildman–Crippen LogP) is 7.39. The van der Waals surface area contributed by atoms with Gasteiger partial charge in [0, 0.05) is 93.9 Å². The fraction of sp³-hybridized carbons (Fsp3) is 0.439. The number of aliphatic hydroxyl groups is 1. The predicted molar refractivity (Wildman–Crippen MR) is 297 cm³/mol. The molecule has 3 aliphatic rings. The molecule has 21 nitrogen and oxygen atoms in total. The molecule has 6 N–H and O–H groups in total. The average molecular weight is 1100 g/mol. The minimum atomic E-state index is -1.09. The number of rotatable bonds is 24. The number of hydrogen-bond acceptors (Lipinski definition) is 15. The number of thiazole rings is 1. The summed E-state index contributed by atoms with van der Waals surface area (Å²) in [6.45, 7) is 9.57. The zero-order valence-electron chi connectivity index (χ0n) is 44.8. The van der Waals surface area contributed by atoms with E-state index in [-0.39, 0.29) is 78.4 Å². The number of allylic oxidation sites excluding steroid dienone is 1. The summed E-state index contributed by atoms with van der Waals surface area (Å²) in [5, 5.41) is 28.3. The van der Waals surface area contributed by atoms with Crippen LogP contribution in [-0.2, 0) is 24.0 Å². The Balaban J connectivity index is 0.635. The van der Waals surface area contributed by atoms with E-state index in [9.17, 15) is 43.5 Å². The minimum absolute atomic E-state index is 0.00867. The van der Waals surface area contributed by atoms with Crippen LogP contribution in [0.4, 0.5) is 10.5 Å². The van der Waals surface area contributed by atoms with Crippen molar-refractivity contribution in [1.82, 2.24) is 40.0 Å². The maximum atomic E-state index is 13.3. The molecule has 3 aromatic carbocycles. The van der Waals surface area contributed by atoms with Crippen molar-refractivity contribution in [3.8, 4) is 22.8 Å². The summed E-state index contributed by atoms with van der Waals surface area (Å²) in [6.07, 6.45) is 10.2. The second kappa shape index (κ2) is 26.1. The van der Waals surface area contributed by atoms with Crippen molar-refractivity contribution in [2.24, 2.45) is 5.41 Å². The SMILES string of the molecule is CC(C)(C)/C(O)=C/C(=N)NC(=O)Nc1ccc(-c2cn3c(n2)sc2cc(OCCN4CCN(C(=O)CCC(=O)NCCCCCCCCCC(=O)COc5cccc6c5C(=O)N(C5CCC(=O)NC5=O)C6=O)CC4)ccc23)cc1. The molecule has 0 bridgehead atoms. The lowest BCUT2D eigenvalue weighted by Crippen LogP contribution is -2.54. The van der Waals surface area contributed by atoms with Crippen LogP contribution in [0.5, 0.6) is 11.5 Å². The largest absolute Gasteiger partial charge is 0.512 e. The van der Waals surface area contributed by atoms with Crippen molar-refractivity contribution in [2.75, 3.05) is 57.8 Å². The first-order chi connectivity index (χ1) is 37.9. The van der Waals surface area contributed by atoms with Crippen LogP contribution in [0.25, 0.3) is 26.4 Å². The lowest BCUT2D eigenvalue weighted by Gasteiger charge is -2.34. The van der Waals surface area contributed by atoms with Crippen molar-refractivity contribution in [2.45, 2.75) is 104 Å². The third kappa shape index (κ3) is 15.0. The standard InChI is InChI=1S/C57H68N10O11S/c1-57(2,3)46(69)33-47(58)62-55(76)60-37-17-15-36(16-18-37)41-34-66-42-20-19-39(32-45(42)79-56(66)61-41)77-31-30-64-26-28-65(29-27-64)50(72)24-23-48(70)59-25-10-8-6-4-5-7-9-12-38(68)35-78-44-14-11-13-40-51(44)54(75)67(53(40)74)43-21-22-49(71)63-52(43)73/h11,13-20,32-34,43,69H,4-10,12,21-31,35H2,1-3H3,(H,59,70)(H,63,71,73)(H3,58,60,62,76)/b46-33-. The third-order valence-electron chi connectivity index (χ3n) is 14.0. The number of amidine groups is 1. The monoisotopic (exact) mass is 1100 g/mol. The molecule has 5 aromatic rings. The van der Waals surface area contributed by atoms with Gasteiger partial charge >= 0.3 is 6.03 Å². The lowest BCUT2D eigenvalue weighted by atomic mass is 9.93. The van der Waals surface area contributed by atoms with Crippen LogP contribution in [-0.4, -0.2) is 141 Å². The van der Waals surface area contributed by atoms with Gasteiger partial charge in [0.2, 0.25) is 23.6 Å². The molecule has 1 unspecified atom stereocenters. The topological polar surface area (TPSA) is 274 Å². The van der Waals surface area contributed by atoms with E-state index >= 15 is 0 Å². The van der Waals surface area contributed by atoms with Crippen LogP contribution in [0, 0.1) is 10.8 Å². The number of hydrogen-bond donors (Lipinski definition) is 6. The number of piperazine rings is 1. The normalized spacial score (nSPS) is 16.0. The Morgan fingerprint density at radius 2 is 1.61 bits per heavy atom.